The van der Waals surface area contributed by atoms with E-state index >= 15 is 0 Å². The van der Waals surface area contributed by atoms with Gasteiger partial charge in [-0.1, -0.05) is 6.42 Å². The minimum atomic E-state index is -0.0788. The summed E-state index contributed by atoms with van der Waals surface area (Å²) < 4.78 is 5.17. The van der Waals surface area contributed by atoms with E-state index in [1.165, 1.54) is 6.42 Å². The van der Waals surface area contributed by atoms with Crippen LogP contribution in [0.15, 0.2) is 0 Å². The SMILES string of the molecule is CNCC1CCN(C(=O)C2(CCOC)CCC2)C1. The summed E-state index contributed by atoms with van der Waals surface area (Å²) in [5, 5.41) is 3.21. The van der Waals surface area contributed by atoms with Crippen LogP contribution in [-0.4, -0.2) is 51.2 Å². The van der Waals surface area contributed by atoms with Crippen molar-refractivity contribution in [3.05, 3.63) is 0 Å². The maximum Gasteiger partial charge on any atom is 0.228 e. The topological polar surface area (TPSA) is 41.6 Å². The Bertz CT molecular complexity index is 290. The van der Waals surface area contributed by atoms with Crippen molar-refractivity contribution >= 4 is 5.91 Å². The summed E-state index contributed by atoms with van der Waals surface area (Å²) in [6.07, 6.45) is 5.36. The number of amides is 1. The van der Waals surface area contributed by atoms with E-state index in [1.807, 2.05) is 7.05 Å². The number of nitrogens with zero attached hydrogens (tertiary/aromatic N) is 1. The number of carbonyl (C=O) groups excluding carboxylic acids is 1. The number of hydrogen-bond acceptors (Lipinski definition) is 3. The number of ether oxygens (including phenoxy) is 1. The molecular weight excluding hydrogens is 228 g/mol. The third kappa shape index (κ3) is 2.69. The van der Waals surface area contributed by atoms with E-state index in [2.05, 4.69) is 10.2 Å². The molecule has 0 bridgehead atoms. The summed E-state index contributed by atoms with van der Waals surface area (Å²) >= 11 is 0. The smallest absolute Gasteiger partial charge is 0.228 e. The van der Waals surface area contributed by atoms with E-state index < -0.39 is 0 Å². The molecule has 1 saturated carbocycles. The molecular formula is C14H26N2O2. The Morgan fingerprint density at radius 1 is 1.50 bits per heavy atom. The second-order valence-corrected chi connectivity index (χ2v) is 5.84. The van der Waals surface area contributed by atoms with Crippen molar-refractivity contribution in [3.63, 3.8) is 0 Å². The van der Waals surface area contributed by atoms with Crippen molar-refractivity contribution in [3.8, 4) is 0 Å². The van der Waals surface area contributed by atoms with Gasteiger partial charge in [0.1, 0.15) is 0 Å². The lowest BCUT2D eigenvalue weighted by Crippen LogP contribution is -2.47. The van der Waals surface area contributed by atoms with Gasteiger partial charge in [0.25, 0.3) is 0 Å². The number of rotatable bonds is 6. The average Bonchev–Trinajstić information content (AvgIpc) is 2.76. The average molecular weight is 254 g/mol. The molecule has 1 aliphatic heterocycles. The van der Waals surface area contributed by atoms with E-state index in [1.54, 1.807) is 7.11 Å². The normalized spacial score (nSPS) is 26.1. The van der Waals surface area contributed by atoms with Crippen LogP contribution >= 0.6 is 0 Å². The molecule has 1 saturated heterocycles. The first-order chi connectivity index (χ1) is 8.72. The maximum absolute atomic E-state index is 12.7. The van der Waals surface area contributed by atoms with Gasteiger partial charge in [0.2, 0.25) is 5.91 Å². The van der Waals surface area contributed by atoms with Crippen LogP contribution in [0.25, 0.3) is 0 Å². The minimum absolute atomic E-state index is 0.0788. The fourth-order valence-electron chi connectivity index (χ4n) is 3.28. The van der Waals surface area contributed by atoms with Crippen molar-refractivity contribution in [2.24, 2.45) is 11.3 Å². The molecule has 0 aromatic heterocycles. The molecule has 1 unspecified atom stereocenters. The van der Waals surface area contributed by atoms with Crippen molar-refractivity contribution in [1.82, 2.24) is 10.2 Å². The molecule has 1 atom stereocenters. The molecule has 1 N–H and O–H groups in total. The van der Waals surface area contributed by atoms with Gasteiger partial charge in [-0.05, 0) is 45.2 Å². The quantitative estimate of drug-likeness (QED) is 0.776. The number of nitrogens with one attached hydrogen (secondary N) is 1. The van der Waals surface area contributed by atoms with Crippen LogP contribution in [0, 0.1) is 11.3 Å². The Labute approximate surface area is 110 Å². The first-order valence-corrected chi connectivity index (χ1v) is 7.15. The largest absolute Gasteiger partial charge is 0.385 e. The van der Waals surface area contributed by atoms with Crippen LogP contribution in [0.3, 0.4) is 0 Å². The highest BCUT2D eigenvalue weighted by Gasteiger charge is 2.46. The third-order valence-corrected chi connectivity index (χ3v) is 4.61. The van der Waals surface area contributed by atoms with Crippen LogP contribution in [0.1, 0.15) is 32.1 Å². The fraction of sp³-hybridized carbons (Fsp3) is 0.929. The number of likely N-dealkylation sites (tertiary alicyclic amines) is 1. The Balaban J connectivity index is 1.90. The zero-order valence-corrected chi connectivity index (χ0v) is 11.7. The molecule has 104 valence electrons. The van der Waals surface area contributed by atoms with E-state index in [4.69, 9.17) is 4.74 Å². The van der Waals surface area contributed by atoms with Gasteiger partial charge < -0.3 is 15.0 Å². The van der Waals surface area contributed by atoms with Crippen molar-refractivity contribution in [1.29, 1.82) is 0 Å². The molecule has 2 rings (SSSR count). The van der Waals surface area contributed by atoms with Gasteiger partial charge in [0, 0.05) is 26.8 Å². The van der Waals surface area contributed by atoms with Crippen molar-refractivity contribution in [2.75, 3.05) is 40.4 Å². The Hall–Kier alpha value is -0.610. The summed E-state index contributed by atoms with van der Waals surface area (Å²) in [4.78, 5) is 14.7. The van der Waals surface area contributed by atoms with Gasteiger partial charge in [-0.15, -0.1) is 0 Å². The highest BCUT2D eigenvalue weighted by molar-refractivity contribution is 5.83. The van der Waals surface area contributed by atoms with Crippen LogP contribution in [0.5, 0.6) is 0 Å². The Morgan fingerprint density at radius 2 is 2.28 bits per heavy atom. The lowest BCUT2D eigenvalue weighted by atomic mass is 9.66. The molecule has 4 nitrogen and oxygen atoms in total. The summed E-state index contributed by atoms with van der Waals surface area (Å²) in [6, 6.07) is 0. The second kappa shape index (κ2) is 6.02. The van der Waals surface area contributed by atoms with E-state index in [0.29, 0.717) is 18.4 Å². The van der Waals surface area contributed by atoms with E-state index in [0.717, 1.165) is 45.3 Å². The van der Waals surface area contributed by atoms with Gasteiger partial charge >= 0.3 is 0 Å². The second-order valence-electron chi connectivity index (χ2n) is 5.84. The molecule has 4 heteroatoms. The molecule has 18 heavy (non-hydrogen) atoms. The molecule has 2 fully saturated rings. The molecule has 2 aliphatic rings. The molecule has 1 aliphatic carbocycles. The summed E-state index contributed by atoms with van der Waals surface area (Å²) in [5.74, 6) is 1.03. The van der Waals surface area contributed by atoms with E-state index in [9.17, 15) is 4.79 Å². The van der Waals surface area contributed by atoms with Gasteiger partial charge in [0.05, 0.1) is 5.41 Å². The van der Waals surface area contributed by atoms with Gasteiger partial charge in [-0.25, -0.2) is 0 Å². The van der Waals surface area contributed by atoms with Crippen LogP contribution in [-0.2, 0) is 9.53 Å². The van der Waals surface area contributed by atoms with E-state index in [-0.39, 0.29) is 5.41 Å². The van der Waals surface area contributed by atoms with Crippen LogP contribution < -0.4 is 5.32 Å². The predicted molar refractivity (Wildman–Crippen MR) is 71.4 cm³/mol. The van der Waals surface area contributed by atoms with Crippen molar-refractivity contribution < 1.29 is 9.53 Å². The highest BCUT2D eigenvalue weighted by Crippen LogP contribution is 2.46. The molecule has 0 radical (unpaired) electrons. The summed E-state index contributed by atoms with van der Waals surface area (Å²) in [5.41, 5.74) is -0.0788. The monoisotopic (exact) mass is 254 g/mol. The Kier molecular flexibility index (Phi) is 4.62. The molecule has 0 aromatic rings. The first kappa shape index (κ1) is 13.8. The maximum atomic E-state index is 12.7. The van der Waals surface area contributed by atoms with Crippen molar-refractivity contribution in [2.45, 2.75) is 32.1 Å². The zero-order chi connectivity index (χ0) is 13.0. The molecule has 0 spiro atoms. The number of methoxy groups -OCH3 is 1. The Morgan fingerprint density at radius 3 is 2.83 bits per heavy atom. The first-order valence-electron chi connectivity index (χ1n) is 7.15. The zero-order valence-electron chi connectivity index (χ0n) is 11.7. The summed E-state index contributed by atoms with van der Waals surface area (Å²) in [7, 11) is 3.70. The molecule has 0 aromatic carbocycles. The third-order valence-electron chi connectivity index (χ3n) is 4.61. The lowest BCUT2D eigenvalue weighted by molar-refractivity contribution is -0.148. The number of hydrogen-bond donors (Lipinski definition) is 1. The predicted octanol–water partition coefficient (Wildman–Crippen LogP) is 1.26. The van der Waals surface area contributed by atoms with Gasteiger partial charge in [-0.2, -0.15) is 0 Å². The highest BCUT2D eigenvalue weighted by atomic mass is 16.5. The van der Waals surface area contributed by atoms with Gasteiger partial charge in [-0.3, -0.25) is 4.79 Å². The lowest BCUT2D eigenvalue weighted by Gasteiger charge is -2.42. The van der Waals surface area contributed by atoms with Gasteiger partial charge in [0.15, 0.2) is 0 Å². The standard InChI is InChI=1S/C14H26N2O2/c1-15-10-12-4-8-16(11-12)13(17)14(5-3-6-14)7-9-18-2/h12,15H,3-11H2,1-2H3. The molecule has 1 amide bonds. The van der Waals surface area contributed by atoms with Crippen LogP contribution in [0.2, 0.25) is 0 Å². The molecule has 1 heterocycles. The number of carbonyl (C=O) groups is 1. The van der Waals surface area contributed by atoms with Crippen LogP contribution in [0.4, 0.5) is 0 Å². The fourth-order valence-corrected chi connectivity index (χ4v) is 3.28. The summed E-state index contributed by atoms with van der Waals surface area (Å²) in [6.45, 7) is 3.61. The minimum Gasteiger partial charge on any atom is -0.385 e.